The number of nitrogen functional groups attached to an aromatic ring is 1. The Bertz CT molecular complexity index is 568. The topological polar surface area (TPSA) is 71.9 Å². The average molecular weight is 290 g/mol. The van der Waals surface area contributed by atoms with Crippen LogP contribution in [0.25, 0.3) is 0 Å². The van der Waals surface area contributed by atoms with Crippen LogP contribution in [0.4, 0.5) is 5.69 Å². The van der Waals surface area contributed by atoms with Gasteiger partial charge in [-0.1, -0.05) is 6.07 Å². The number of aryl methyl sites for hydroxylation is 1. The molecule has 0 aliphatic carbocycles. The number of hydrogen-bond acceptors (Lipinski definition) is 5. The predicted molar refractivity (Wildman–Crippen MR) is 82.1 cm³/mol. The highest BCUT2D eigenvalue weighted by atomic mass is 16.5. The number of hydrogen-bond donors (Lipinski definition) is 2. The molecule has 0 aliphatic heterocycles. The average Bonchev–Trinajstić information content (AvgIpc) is 2.82. The minimum atomic E-state index is -0.566. The van der Waals surface area contributed by atoms with Crippen LogP contribution in [0.15, 0.2) is 41.0 Å². The summed E-state index contributed by atoms with van der Waals surface area (Å²) in [4.78, 5) is 2.03. The summed E-state index contributed by atoms with van der Waals surface area (Å²) in [6.45, 7) is 3.42. The third-order valence-corrected chi connectivity index (χ3v) is 3.23. The van der Waals surface area contributed by atoms with Crippen molar-refractivity contribution in [2.45, 2.75) is 19.6 Å². The summed E-state index contributed by atoms with van der Waals surface area (Å²) < 4.78 is 10.8. The number of nitrogens with two attached hydrogens (primary N) is 1. The quantitative estimate of drug-likeness (QED) is 0.764. The van der Waals surface area contributed by atoms with Crippen LogP contribution in [0.3, 0.4) is 0 Å². The molecule has 1 aromatic carbocycles. The summed E-state index contributed by atoms with van der Waals surface area (Å²) in [7, 11) is 1.95. The zero-order chi connectivity index (χ0) is 15.2. The van der Waals surface area contributed by atoms with Crippen molar-refractivity contribution < 1.29 is 14.3 Å². The van der Waals surface area contributed by atoms with E-state index in [2.05, 4.69) is 0 Å². The van der Waals surface area contributed by atoms with Gasteiger partial charge in [0, 0.05) is 30.4 Å². The molecule has 5 nitrogen and oxygen atoms in total. The van der Waals surface area contributed by atoms with Gasteiger partial charge in [-0.05, 0) is 32.2 Å². The first-order valence-corrected chi connectivity index (χ1v) is 6.92. The molecule has 21 heavy (non-hydrogen) atoms. The first-order valence-electron chi connectivity index (χ1n) is 6.92. The number of furan rings is 1. The summed E-state index contributed by atoms with van der Waals surface area (Å²) in [5.74, 6) is 1.58. The highest BCUT2D eigenvalue weighted by molar-refractivity contribution is 5.43. The molecule has 3 N–H and O–H groups in total. The van der Waals surface area contributed by atoms with E-state index in [0.717, 1.165) is 17.9 Å². The Labute approximate surface area is 124 Å². The van der Waals surface area contributed by atoms with Crippen molar-refractivity contribution in [3.8, 4) is 5.75 Å². The van der Waals surface area contributed by atoms with Gasteiger partial charge in [0.05, 0.1) is 6.26 Å². The lowest BCUT2D eigenvalue weighted by atomic mass is 10.2. The van der Waals surface area contributed by atoms with E-state index in [1.54, 1.807) is 18.4 Å². The molecule has 114 valence electrons. The van der Waals surface area contributed by atoms with E-state index >= 15 is 0 Å². The maximum atomic E-state index is 10.0. The molecule has 2 rings (SSSR count). The molecule has 1 atom stereocenters. The molecule has 0 saturated carbocycles. The van der Waals surface area contributed by atoms with Gasteiger partial charge < -0.3 is 20.0 Å². The van der Waals surface area contributed by atoms with E-state index < -0.39 is 6.10 Å². The standard InChI is InChI=1S/C16H22N2O3/c1-12-13(6-7-20-12)9-18(2)10-15(19)11-21-16-5-3-4-14(17)8-16/h3-8,15,19H,9-11,17H2,1-2H3. The first-order chi connectivity index (χ1) is 10.0. The van der Waals surface area contributed by atoms with Gasteiger partial charge in [0.2, 0.25) is 0 Å². The second-order valence-corrected chi connectivity index (χ2v) is 5.24. The van der Waals surface area contributed by atoms with Gasteiger partial charge in [-0.2, -0.15) is 0 Å². The number of aliphatic hydroxyl groups excluding tert-OH is 1. The van der Waals surface area contributed by atoms with Crippen molar-refractivity contribution in [1.29, 1.82) is 0 Å². The summed E-state index contributed by atoms with van der Waals surface area (Å²) in [5, 5.41) is 10.0. The SMILES string of the molecule is Cc1occc1CN(C)CC(O)COc1cccc(N)c1. The third-order valence-electron chi connectivity index (χ3n) is 3.23. The van der Waals surface area contributed by atoms with Crippen LogP contribution in [0.1, 0.15) is 11.3 Å². The fourth-order valence-electron chi connectivity index (χ4n) is 2.14. The third kappa shape index (κ3) is 4.81. The largest absolute Gasteiger partial charge is 0.491 e. The molecule has 2 aromatic rings. The van der Waals surface area contributed by atoms with Crippen molar-refractivity contribution in [2.75, 3.05) is 25.9 Å². The number of anilines is 1. The molecule has 1 unspecified atom stereocenters. The Morgan fingerprint density at radius 2 is 2.19 bits per heavy atom. The minimum Gasteiger partial charge on any atom is -0.491 e. The maximum Gasteiger partial charge on any atom is 0.121 e. The van der Waals surface area contributed by atoms with E-state index in [9.17, 15) is 5.11 Å². The fourth-order valence-corrected chi connectivity index (χ4v) is 2.14. The Balaban J connectivity index is 1.76. The number of nitrogens with zero attached hydrogens (tertiary/aromatic N) is 1. The zero-order valence-corrected chi connectivity index (χ0v) is 12.5. The number of benzene rings is 1. The van der Waals surface area contributed by atoms with Crippen LogP contribution in [0.5, 0.6) is 5.75 Å². The molecule has 5 heteroatoms. The number of ether oxygens (including phenoxy) is 1. The van der Waals surface area contributed by atoms with Crippen molar-refractivity contribution >= 4 is 5.69 Å². The molecule has 0 aliphatic rings. The number of aliphatic hydroxyl groups is 1. The normalized spacial score (nSPS) is 12.6. The molecule has 0 spiro atoms. The van der Waals surface area contributed by atoms with E-state index in [0.29, 0.717) is 18.0 Å². The maximum absolute atomic E-state index is 10.0. The zero-order valence-electron chi connectivity index (χ0n) is 12.5. The number of likely N-dealkylation sites (N-methyl/N-ethyl adjacent to an activating group) is 1. The molecule has 1 heterocycles. The van der Waals surface area contributed by atoms with Gasteiger partial charge in [-0.15, -0.1) is 0 Å². The highest BCUT2D eigenvalue weighted by Gasteiger charge is 2.11. The van der Waals surface area contributed by atoms with Crippen molar-refractivity contribution in [1.82, 2.24) is 4.90 Å². The van der Waals surface area contributed by atoms with Crippen LogP contribution in [0.2, 0.25) is 0 Å². The Hall–Kier alpha value is -1.98. The molecular weight excluding hydrogens is 268 g/mol. The van der Waals surface area contributed by atoms with Crippen LogP contribution >= 0.6 is 0 Å². The minimum absolute atomic E-state index is 0.234. The van der Waals surface area contributed by atoms with E-state index in [4.69, 9.17) is 14.9 Å². The Kier molecular flexibility index (Phi) is 5.25. The van der Waals surface area contributed by atoms with Gasteiger partial charge in [0.15, 0.2) is 0 Å². The van der Waals surface area contributed by atoms with E-state index in [1.165, 1.54) is 0 Å². The highest BCUT2D eigenvalue weighted by Crippen LogP contribution is 2.15. The van der Waals surface area contributed by atoms with Crippen LogP contribution in [0, 0.1) is 6.92 Å². The lowest BCUT2D eigenvalue weighted by Gasteiger charge is -2.20. The fraction of sp³-hybridized carbons (Fsp3) is 0.375. The van der Waals surface area contributed by atoms with Gasteiger partial charge in [0.1, 0.15) is 24.2 Å². The molecule has 0 bridgehead atoms. The van der Waals surface area contributed by atoms with Crippen molar-refractivity contribution in [3.63, 3.8) is 0 Å². The molecule has 0 saturated heterocycles. The molecule has 0 fully saturated rings. The Morgan fingerprint density at radius 1 is 1.38 bits per heavy atom. The number of rotatable bonds is 7. The molecular formula is C16H22N2O3. The molecule has 0 amide bonds. The predicted octanol–water partition coefficient (Wildman–Crippen LogP) is 2.04. The van der Waals surface area contributed by atoms with Crippen LogP contribution in [-0.2, 0) is 6.54 Å². The van der Waals surface area contributed by atoms with E-state index in [-0.39, 0.29) is 6.61 Å². The second kappa shape index (κ2) is 7.15. The Morgan fingerprint density at radius 3 is 2.86 bits per heavy atom. The summed E-state index contributed by atoms with van der Waals surface area (Å²) in [5.41, 5.74) is 7.45. The first kappa shape index (κ1) is 15.4. The van der Waals surface area contributed by atoms with E-state index in [1.807, 2.05) is 37.1 Å². The monoisotopic (exact) mass is 290 g/mol. The van der Waals surface area contributed by atoms with Gasteiger partial charge >= 0.3 is 0 Å². The summed E-state index contributed by atoms with van der Waals surface area (Å²) in [6.07, 6.45) is 1.11. The van der Waals surface area contributed by atoms with Crippen molar-refractivity contribution in [3.05, 3.63) is 47.9 Å². The van der Waals surface area contributed by atoms with Crippen molar-refractivity contribution in [2.24, 2.45) is 0 Å². The summed E-state index contributed by atoms with van der Waals surface area (Å²) in [6, 6.07) is 9.13. The lowest BCUT2D eigenvalue weighted by Crippen LogP contribution is -2.32. The van der Waals surface area contributed by atoms with Gasteiger partial charge in [0.25, 0.3) is 0 Å². The second-order valence-electron chi connectivity index (χ2n) is 5.24. The van der Waals surface area contributed by atoms with Crippen LogP contribution in [-0.4, -0.2) is 36.3 Å². The van der Waals surface area contributed by atoms with Gasteiger partial charge in [-0.3, -0.25) is 4.90 Å². The van der Waals surface area contributed by atoms with Gasteiger partial charge in [-0.25, -0.2) is 0 Å². The molecule has 0 radical (unpaired) electrons. The smallest absolute Gasteiger partial charge is 0.121 e. The lowest BCUT2D eigenvalue weighted by molar-refractivity contribution is 0.0743. The van der Waals surface area contributed by atoms with Crippen LogP contribution < -0.4 is 10.5 Å². The molecule has 1 aromatic heterocycles. The summed E-state index contributed by atoms with van der Waals surface area (Å²) >= 11 is 0.